The zero-order valence-electron chi connectivity index (χ0n) is 12.4. The molecule has 1 aromatic rings. The van der Waals surface area contributed by atoms with E-state index in [4.69, 9.17) is 0 Å². The van der Waals surface area contributed by atoms with Crippen LogP contribution in [0.1, 0.15) is 61.8 Å². The second-order valence-electron chi connectivity index (χ2n) is 5.78. The first-order valence-corrected chi connectivity index (χ1v) is 7.73. The van der Waals surface area contributed by atoms with Crippen molar-refractivity contribution in [3.8, 4) is 5.75 Å². The highest BCUT2D eigenvalue weighted by Gasteiger charge is 2.15. The summed E-state index contributed by atoms with van der Waals surface area (Å²) >= 11 is 0. The highest BCUT2D eigenvalue weighted by molar-refractivity contribution is 5.40. The Morgan fingerprint density at radius 1 is 1.20 bits per heavy atom. The number of hydrogen-bond donors (Lipinski definition) is 3. The molecule has 20 heavy (non-hydrogen) atoms. The first-order valence-electron chi connectivity index (χ1n) is 7.73. The Morgan fingerprint density at radius 3 is 2.50 bits per heavy atom. The van der Waals surface area contributed by atoms with Crippen molar-refractivity contribution in [1.82, 2.24) is 10.3 Å². The number of nitrogens with zero attached hydrogens (tertiary/aromatic N) is 1. The lowest BCUT2D eigenvalue weighted by Crippen LogP contribution is -2.29. The maximum Gasteiger partial charge on any atom is 0.141 e. The summed E-state index contributed by atoms with van der Waals surface area (Å²) in [6.45, 7) is 2.31. The molecule has 0 unspecified atom stereocenters. The van der Waals surface area contributed by atoms with E-state index < -0.39 is 0 Å². The molecule has 112 valence electrons. The minimum Gasteiger partial charge on any atom is -0.506 e. The highest BCUT2D eigenvalue weighted by atomic mass is 16.3. The van der Waals surface area contributed by atoms with Gasteiger partial charge in [-0.3, -0.25) is 4.98 Å². The van der Waals surface area contributed by atoms with Crippen LogP contribution in [0.4, 0.5) is 0 Å². The summed E-state index contributed by atoms with van der Waals surface area (Å²) in [6, 6.07) is 0.523. The van der Waals surface area contributed by atoms with Gasteiger partial charge in [0, 0.05) is 29.9 Å². The maximum atomic E-state index is 10.1. The second kappa shape index (κ2) is 7.60. The number of aryl methyl sites for hydroxylation is 1. The molecule has 0 aromatic carbocycles. The van der Waals surface area contributed by atoms with E-state index in [1.165, 1.54) is 44.9 Å². The first-order chi connectivity index (χ1) is 9.72. The molecule has 3 N–H and O–H groups in total. The standard InChI is InChI=1S/C16H26N2O2/c1-12-16(20)15(13(11-19)9-17-12)10-18-14-7-5-3-2-4-6-8-14/h9,14,18-20H,2-8,10-11H2,1H3. The number of aliphatic hydroxyl groups excluding tert-OH is 1. The number of nitrogens with one attached hydrogen (secondary N) is 1. The monoisotopic (exact) mass is 278 g/mol. The minimum absolute atomic E-state index is 0.0808. The Labute approximate surface area is 121 Å². The average Bonchev–Trinajstić information content (AvgIpc) is 2.42. The van der Waals surface area contributed by atoms with Gasteiger partial charge in [0.15, 0.2) is 0 Å². The first kappa shape index (κ1) is 15.3. The van der Waals surface area contributed by atoms with E-state index in [1.54, 1.807) is 13.1 Å². The third-order valence-electron chi connectivity index (χ3n) is 4.27. The summed E-state index contributed by atoms with van der Waals surface area (Å²) in [7, 11) is 0. The van der Waals surface area contributed by atoms with Crippen molar-refractivity contribution in [2.45, 2.75) is 71.1 Å². The molecule has 1 heterocycles. The van der Waals surface area contributed by atoms with Crippen LogP contribution < -0.4 is 5.32 Å². The highest BCUT2D eigenvalue weighted by Crippen LogP contribution is 2.24. The Balaban J connectivity index is 2.00. The fourth-order valence-electron chi connectivity index (χ4n) is 2.92. The summed E-state index contributed by atoms with van der Waals surface area (Å²) in [5, 5.41) is 23.0. The van der Waals surface area contributed by atoms with Crippen molar-refractivity contribution in [1.29, 1.82) is 0 Å². The minimum atomic E-state index is -0.0808. The van der Waals surface area contributed by atoms with E-state index in [0.29, 0.717) is 23.8 Å². The van der Waals surface area contributed by atoms with Crippen LogP contribution in [0.3, 0.4) is 0 Å². The zero-order chi connectivity index (χ0) is 14.4. The molecule has 0 amide bonds. The SMILES string of the molecule is Cc1ncc(CO)c(CNC2CCCCCCC2)c1O. The fourth-order valence-corrected chi connectivity index (χ4v) is 2.92. The summed E-state index contributed by atoms with van der Waals surface area (Å²) in [6.07, 6.45) is 10.7. The summed E-state index contributed by atoms with van der Waals surface area (Å²) in [5.74, 6) is 0.217. The smallest absolute Gasteiger partial charge is 0.141 e. The van der Waals surface area contributed by atoms with Crippen LogP contribution in [0, 0.1) is 6.92 Å². The van der Waals surface area contributed by atoms with Gasteiger partial charge in [-0.15, -0.1) is 0 Å². The van der Waals surface area contributed by atoms with Gasteiger partial charge < -0.3 is 15.5 Å². The van der Waals surface area contributed by atoms with Crippen LogP contribution in [0.2, 0.25) is 0 Å². The molecule has 0 spiro atoms. The molecule has 1 saturated carbocycles. The van der Waals surface area contributed by atoms with Gasteiger partial charge >= 0.3 is 0 Å². The number of rotatable bonds is 4. The molecule has 0 aliphatic heterocycles. The Hall–Kier alpha value is -1.13. The Morgan fingerprint density at radius 2 is 1.85 bits per heavy atom. The number of aromatic hydroxyl groups is 1. The summed E-state index contributed by atoms with van der Waals surface area (Å²) in [4.78, 5) is 4.09. The molecule has 4 heteroatoms. The van der Waals surface area contributed by atoms with Crippen molar-refractivity contribution in [2.24, 2.45) is 0 Å². The number of pyridine rings is 1. The molecule has 0 saturated heterocycles. The summed E-state index contributed by atoms with van der Waals surface area (Å²) in [5.41, 5.74) is 2.13. The van der Waals surface area contributed by atoms with Crippen molar-refractivity contribution in [2.75, 3.05) is 0 Å². The van der Waals surface area contributed by atoms with Gasteiger partial charge in [0.05, 0.1) is 12.3 Å². The molecule has 0 radical (unpaired) electrons. The predicted molar refractivity (Wildman–Crippen MR) is 79.5 cm³/mol. The molecule has 0 atom stereocenters. The van der Waals surface area contributed by atoms with Gasteiger partial charge in [-0.05, 0) is 19.8 Å². The Bertz CT molecular complexity index is 427. The predicted octanol–water partition coefficient (Wildman–Crippen LogP) is 2.79. The van der Waals surface area contributed by atoms with Gasteiger partial charge in [-0.1, -0.05) is 32.1 Å². The lowest BCUT2D eigenvalue weighted by Gasteiger charge is -2.22. The van der Waals surface area contributed by atoms with E-state index >= 15 is 0 Å². The van der Waals surface area contributed by atoms with E-state index in [9.17, 15) is 10.2 Å². The van der Waals surface area contributed by atoms with Crippen LogP contribution >= 0.6 is 0 Å². The van der Waals surface area contributed by atoms with Crippen LogP contribution in [-0.4, -0.2) is 21.2 Å². The molecule has 0 bridgehead atoms. The quantitative estimate of drug-likeness (QED) is 0.792. The van der Waals surface area contributed by atoms with E-state index in [-0.39, 0.29) is 12.4 Å². The molecule has 1 aliphatic rings. The summed E-state index contributed by atoms with van der Waals surface area (Å²) < 4.78 is 0. The van der Waals surface area contributed by atoms with Gasteiger partial charge in [0.2, 0.25) is 0 Å². The molecule has 1 aliphatic carbocycles. The normalized spacial score (nSPS) is 17.7. The topological polar surface area (TPSA) is 65.4 Å². The molecular weight excluding hydrogens is 252 g/mol. The van der Waals surface area contributed by atoms with Crippen LogP contribution in [0.25, 0.3) is 0 Å². The van der Waals surface area contributed by atoms with Gasteiger partial charge in [-0.25, -0.2) is 0 Å². The number of aliphatic hydroxyl groups is 1. The maximum absolute atomic E-state index is 10.1. The van der Waals surface area contributed by atoms with E-state index in [2.05, 4.69) is 10.3 Å². The second-order valence-corrected chi connectivity index (χ2v) is 5.78. The molecule has 4 nitrogen and oxygen atoms in total. The van der Waals surface area contributed by atoms with Crippen molar-refractivity contribution < 1.29 is 10.2 Å². The van der Waals surface area contributed by atoms with E-state index in [0.717, 1.165) is 5.56 Å². The van der Waals surface area contributed by atoms with Crippen molar-refractivity contribution >= 4 is 0 Å². The van der Waals surface area contributed by atoms with Gasteiger partial charge in [0.25, 0.3) is 0 Å². The number of aromatic nitrogens is 1. The van der Waals surface area contributed by atoms with Gasteiger partial charge in [0.1, 0.15) is 5.75 Å². The van der Waals surface area contributed by atoms with E-state index in [1.807, 2.05) is 0 Å². The molecule has 2 rings (SSSR count). The Kier molecular flexibility index (Phi) is 5.80. The lowest BCUT2D eigenvalue weighted by atomic mass is 9.96. The third kappa shape index (κ3) is 3.93. The fraction of sp³-hybridized carbons (Fsp3) is 0.688. The lowest BCUT2D eigenvalue weighted by molar-refractivity contribution is 0.278. The van der Waals surface area contributed by atoms with Crippen LogP contribution in [0.5, 0.6) is 5.75 Å². The molecule has 1 fully saturated rings. The van der Waals surface area contributed by atoms with Crippen molar-refractivity contribution in [3.63, 3.8) is 0 Å². The molecule has 1 aromatic heterocycles. The largest absolute Gasteiger partial charge is 0.506 e. The van der Waals surface area contributed by atoms with Crippen molar-refractivity contribution in [3.05, 3.63) is 23.0 Å². The van der Waals surface area contributed by atoms with Gasteiger partial charge in [-0.2, -0.15) is 0 Å². The zero-order valence-corrected chi connectivity index (χ0v) is 12.4. The van der Waals surface area contributed by atoms with Crippen LogP contribution in [-0.2, 0) is 13.2 Å². The van der Waals surface area contributed by atoms with Crippen LogP contribution in [0.15, 0.2) is 6.20 Å². The third-order valence-corrected chi connectivity index (χ3v) is 4.27. The number of hydrogen-bond acceptors (Lipinski definition) is 4. The molecular formula is C16H26N2O2. The average molecular weight is 278 g/mol.